The molecule has 62 heavy (non-hydrogen) atoms. The number of rotatable bonds is 5. The van der Waals surface area contributed by atoms with Gasteiger partial charge in [0.1, 0.15) is 11.2 Å². The molecule has 4 heteroatoms. The summed E-state index contributed by atoms with van der Waals surface area (Å²) in [5, 5.41) is 2.17. The summed E-state index contributed by atoms with van der Waals surface area (Å²) in [6.07, 6.45) is 0. The van der Waals surface area contributed by atoms with Crippen molar-refractivity contribution in [3.8, 4) is 78.7 Å². The Morgan fingerprint density at radius 2 is 0.710 bits per heavy atom. The molecule has 0 saturated heterocycles. The van der Waals surface area contributed by atoms with E-state index in [1.54, 1.807) is 0 Å². The van der Waals surface area contributed by atoms with Gasteiger partial charge in [-0.2, -0.15) is 0 Å². The SMILES string of the molecule is c1ccc(-c2nc(-c3ccccc3-c3ccc4c(c3)C3(c5ccccc5-c5ccccc53)c3ccccc3-4)nc(-c3ccccc3-c3ccc4oc5ccccc5c4c3)n2)cc1. The molecule has 0 aliphatic heterocycles. The third-order valence-corrected chi connectivity index (χ3v) is 13.0. The van der Waals surface area contributed by atoms with Gasteiger partial charge in [0.05, 0.1) is 5.41 Å². The number of benzene rings is 9. The number of furan rings is 1. The van der Waals surface area contributed by atoms with Gasteiger partial charge >= 0.3 is 0 Å². The van der Waals surface area contributed by atoms with Crippen LogP contribution in [0.3, 0.4) is 0 Å². The normalized spacial score (nSPS) is 13.0. The zero-order valence-corrected chi connectivity index (χ0v) is 33.5. The van der Waals surface area contributed by atoms with Crippen molar-refractivity contribution in [3.63, 3.8) is 0 Å². The van der Waals surface area contributed by atoms with Gasteiger partial charge in [-0.05, 0) is 91.0 Å². The lowest BCUT2D eigenvalue weighted by molar-refractivity contribution is 0.669. The Hall–Kier alpha value is -8.21. The topological polar surface area (TPSA) is 51.8 Å². The standard InChI is InChI=1S/C58H35N3O/c1-2-16-36(17-3-1)55-59-56(46-24-6-4-18-39(46)37-31-33-54-48(34-37)45-23-11-15-29-53(45)62-54)61-57(60-55)47-25-7-5-19-40(47)38-30-32-44-43-22-10-14-28-51(43)58(52(44)35-38)49-26-12-8-20-41(49)42-21-9-13-27-50(42)58/h1-35H. The van der Waals surface area contributed by atoms with Crippen molar-refractivity contribution in [1.82, 2.24) is 15.0 Å². The Labute approximate surface area is 358 Å². The third kappa shape index (κ3) is 4.98. The molecule has 288 valence electrons. The van der Waals surface area contributed by atoms with Crippen LogP contribution in [0.25, 0.3) is 101 Å². The first-order valence-corrected chi connectivity index (χ1v) is 21.1. The molecule has 2 aromatic heterocycles. The summed E-state index contributed by atoms with van der Waals surface area (Å²) in [6.45, 7) is 0. The van der Waals surface area contributed by atoms with Crippen LogP contribution in [0, 0.1) is 0 Å². The maximum atomic E-state index is 6.20. The molecule has 4 nitrogen and oxygen atoms in total. The van der Waals surface area contributed by atoms with Crippen molar-refractivity contribution in [2.45, 2.75) is 5.41 Å². The van der Waals surface area contributed by atoms with E-state index >= 15 is 0 Å². The quantitative estimate of drug-likeness (QED) is 0.174. The maximum Gasteiger partial charge on any atom is 0.164 e. The van der Waals surface area contributed by atoms with Crippen molar-refractivity contribution in [2.24, 2.45) is 0 Å². The molecule has 2 aliphatic rings. The molecule has 0 N–H and O–H groups in total. The largest absolute Gasteiger partial charge is 0.456 e. The Morgan fingerprint density at radius 1 is 0.274 bits per heavy atom. The van der Waals surface area contributed by atoms with Crippen molar-refractivity contribution >= 4 is 21.9 Å². The van der Waals surface area contributed by atoms with Crippen molar-refractivity contribution in [3.05, 3.63) is 235 Å². The van der Waals surface area contributed by atoms with Crippen LogP contribution >= 0.6 is 0 Å². The van der Waals surface area contributed by atoms with Gasteiger partial charge < -0.3 is 4.42 Å². The fourth-order valence-electron chi connectivity index (χ4n) is 10.3. The van der Waals surface area contributed by atoms with Gasteiger partial charge in [-0.25, -0.2) is 15.0 Å². The summed E-state index contributed by atoms with van der Waals surface area (Å²) in [4.78, 5) is 15.8. The van der Waals surface area contributed by atoms with Crippen LogP contribution in [0.2, 0.25) is 0 Å². The molecular formula is C58H35N3O. The van der Waals surface area contributed by atoms with Crippen LogP contribution in [0.5, 0.6) is 0 Å². The van der Waals surface area contributed by atoms with E-state index in [0.29, 0.717) is 17.5 Å². The monoisotopic (exact) mass is 789 g/mol. The van der Waals surface area contributed by atoms with Crippen molar-refractivity contribution in [2.75, 3.05) is 0 Å². The second-order valence-electron chi connectivity index (χ2n) is 16.2. The second kappa shape index (κ2) is 13.4. The van der Waals surface area contributed by atoms with Gasteiger partial charge in [0, 0.05) is 27.5 Å². The Balaban J connectivity index is 1.01. The van der Waals surface area contributed by atoms with Gasteiger partial charge in [0.25, 0.3) is 0 Å². The van der Waals surface area contributed by atoms with E-state index in [1.807, 2.05) is 30.3 Å². The van der Waals surface area contributed by atoms with Gasteiger partial charge in [-0.3, -0.25) is 0 Å². The number of aromatic nitrogens is 3. The molecule has 11 aromatic rings. The predicted octanol–water partition coefficient (Wildman–Crippen LogP) is 14.4. The first-order valence-electron chi connectivity index (χ1n) is 21.1. The van der Waals surface area contributed by atoms with E-state index in [1.165, 1.54) is 44.5 Å². The van der Waals surface area contributed by atoms with Crippen molar-refractivity contribution < 1.29 is 4.42 Å². The number of hydrogen-bond donors (Lipinski definition) is 0. The zero-order valence-electron chi connectivity index (χ0n) is 33.5. The molecule has 2 heterocycles. The number of hydrogen-bond acceptors (Lipinski definition) is 4. The molecule has 0 saturated carbocycles. The zero-order chi connectivity index (χ0) is 40.8. The van der Waals surface area contributed by atoms with Crippen LogP contribution in [0.15, 0.2) is 217 Å². The third-order valence-electron chi connectivity index (χ3n) is 13.0. The molecule has 0 radical (unpaired) electrons. The summed E-state index contributed by atoms with van der Waals surface area (Å²) >= 11 is 0. The summed E-state index contributed by atoms with van der Waals surface area (Å²) < 4.78 is 6.20. The van der Waals surface area contributed by atoms with Crippen LogP contribution < -0.4 is 0 Å². The van der Waals surface area contributed by atoms with Crippen molar-refractivity contribution in [1.29, 1.82) is 0 Å². The highest BCUT2D eigenvalue weighted by Crippen LogP contribution is 2.63. The predicted molar refractivity (Wildman–Crippen MR) is 251 cm³/mol. The second-order valence-corrected chi connectivity index (χ2v) is 16.2. The summed E-state index contributed by atoms with van der Waals surface area (Å²) in [5.41, 5.74) is 18.7. The molecule has 1 spiro atoms. The molecule has 0 bridgehead atoms. The average molecular weight is 790 g/mol. The molecule has 13 rings (SSSR count). The molecule has 0 atom stereocenters. The van der Waals surface area contributed by atoms with Gasteiger partial charge in [0.2, 0.25) is 0 Å². The molecular weight excluding hydrogens is 755 g/mol. The first-order chi connectivity index (χ1) is 30.7. The fraction of sp³-hybridized carbons (Fsp3) is 0.0172. The van der Waals surface area contributed by atoms with E-state index in [0.717, 1.165) is 60.9 Å². The average Bonchev–Trinajstić information content (AvgIpc) is 3.98. The summed E-state index contributed by atoms with van der Waals surface area (Å²) in [7, 11) is 0. The van der Waals surface area contributed by atoms with Gasteiger partial charge in [-0.1, -0.05) is 188 Å². The van der Waals surface area contributed by atoms with Crippen LogP contribution in [0.1, 0.15) is 22.3 Å². The Bertz CT molecular complexity index is 3540. The van der Waals surface area contributed by atoms with Crippen LogP contribution in [-0.2, 0) is 5.41 Å². The van der Waals surface area contributed by atoms with E-state index in [-0.39, 0.29) is 0 Å². The van der Waals surface area contributed by atoms with E-state index < -0.39 is 5.41 Å². The first kappa shape index (κ1) is 34.6. The lowest BCUT2D eigenvalue weighted by atomic mass is 9.70. The Morgan fingerprint density at radius 3 is 1.32 bits per heavy atom. The highest BCUT2D eigenvalue weighted by molar-refractivity contribution is 6.07. The summed E-state index contributed by atoms with van der Waals surface area (Å²) in [6, 6.07) is 75.6. The summed E-state index contributed by atoms with van der Waals surface area (Å²) in [5.74, 6) is 1.85. The molecule has 2 aliphatic carbocycles. The fourth-order valence-corrected chi connectivity index (χ4v) is 10.3. The Kier molecular flexibility index (Phi) is 7.49. The number of para-hydroxylation sites is 1. The highest BCUT2D eigenvalue weighted by atomic mass is 16.3. The van der Waals surface area contributed by atoms with E-state index in [2.05, 4.69) is 182 Å². The van der Waals surface area contributed by atoms with E-state index in [9.17, 15) is 0 Å². The molecule has 0 fully saturated rings. The lowest BCUT2D eigenvalue weighted by Gasteiger charge is -2.30. The molecule has 9 aromatic carbocycles. The van der Waals surface area contributed by atoms with Crippen LogP contribution in [0.4, 0.5) is 0 Å². The lowest BCUT2D eigenvalue weighted by Crippen LogP contribution is -2.25. The molecule has 0 amide bonds. The van der Waals surface area contributed by atoms with E-state index in [4.69, 9.17) is 19.4 Å². The smallest absolute Gasteiger partial charge is 0.164 e. The van der Waals surface area contributed by atoms with Gasteiger partial charge in [-0.15, -0.1) is 0 Å². The minimum Gasteiger partial charge on any atom is -0.456 e. The number of nitrogens with zero attached hydrogens (tertiary/aromatic N) is 3. The minimum atomic E-state index is -0.444. The molecule has 0 unspecified atom stereocenters. The van der Waals surface area contributed by atoms with Gasteiger partial charge in [0.15, 0.2) is 17.5 Å². The maximum absolute atomic E-state index is 6.20. The highest BCUT2D eigenvalue weighted by Gasteiger charge is 2.51. The van der Waals surface area contributed by atoms with Crippen LogP contribution in [-0.4, -0.2) is 15.0 Å². The number of fused-ring (bicyclic) bond motifs is 13. The minimum absolute atomic E-state index is 0.444.